The number of carbonyl (C=O) groups excluding carboxylic acids is 1. The monoisotopic (exact) mass is 248 g/mol. The molecule has 4 nitrogen and oxygen atoms in total. The van der Waals surface area contributed by atoms with Gasteiger partial charge in [-0.25, -0.2) is 0 Å². The van der Waals surface area contributed by atoms with E-state index in [1.165, 1.54) is 0 Å². The van der Waals surface area contributed by atoms with Gasteiger partial charge in [0.1, 0.15) is 5.75 Å². The number of carbonyl (C=O) groups is 1. The smallest absolute Gasteiger partial charge is 0.234 e. The first-order valence-corrected chi connectivity index (χ1v) is 6.48. The predicted octanol–water partition coefficient (Wildman–Crippen LogP) is 1.41. The Morgan fingerprint density at radius 1 is 1.39 bits per heavy atom. The van der Waals surface area contributed by atoms with Gasteiger partial charge in [0.05, 0.1) is 12.6 Å². The largest absolute Gasteiger partial charge is 0.494 e. The number of ether oxygens (including phenoxy) is 1. The number of nitrogens with zero attached hydrogens (tertiary/aromatic N) is 1. The van der Waals surface area contributed by atoms with Crippen LogP contribution in [0.1, 0.15) is 19.3 Å². The number of hydrogen-bond donors (Lipinski definition) is 1. The summed E-state index contributed by atoms with van der Waals surface area (Å²) in [5.41, 5.74) is 5.37. The number of likely N-dealkylation sites (tertiary alicyclic amines) is 1. The Kier molecular flexibility index (Phi) is 4.59. The Balaban J connectivity index is 1.68. The van der Waals surface area contributed by atoms with Gasteiger partial charge < -0.3 is 10.5 Å². The van der Waals surface area contributed by atoms with Crippen LogP contribution in [0.15, 0.2) is 30.3 Å². The maximum atomic E-state index is 11.2. The second-order valence-corrected chi connectivity index (χ2v) is 4.61. The lowest BCUT2D eigenvalue weighted by Crippen LogP contribution is -2.40. The molecule has 1 atom stereocenters. The minimum Gasteiger partial charge on any atom is -0.494 e. The third-order valence-electron chi connectivity index (χ3n) is 3.29. The molecule has 1 amide bonds. The zero-order chi connectivity index (χ0) is 12.8. The van der Waals surface area contributed by atoms with Crippen LogP contribution in [0.4, 0.5) is 0 Å². The number of hydrogen-bond acceptors (Lipinski definition) is 3. The van der Waals surface area contributed by atoms with Crippen LogP contribution in [-0.4, -0.2) is 36.5 Å². The van der Waals surface area contributed by atoms with E-state index in [0.29, 0.717) is 6.61 Å². The van der Waals surface area contributed by atoms with Gasteiger partial charge in [-0.2, -0.15) is 0 Å². The van der Waals surface area contributed by atoms with Gasteiger partial charge in [0.25, 0.3) is 0 Å². The number of para-hydroxylation sites is 1. The van der Waals surface area contributed by atoms with E-state index in [1.807, 2.05) is 30.3 Å². The molecule has 0 bridgehead atoms. The highest BCUT2D eigenvalue weighted by Crippen LogP contribution is 2.17. The topological polar surface area (TPSA) is 55.6 Å². The van der Waals surface area contributed by atoms with Crippen molar-refractivity contribution in [1.82, 2.24) is 4.90 Å². The molecule has 0 radical (unpaired) electrons. The third-order valence-corrected chi connectivity index (χ3v) is 3.29. The summed E-state index contributed by atoms with van der Waals surface area (Å²) < 4.78 is 5.62. The van der Waals surface area contributed by atoms with E-state index >= 15 is 0 Å². The van der Waals surface area contributed by atoms with E-state index in [4.69, 9.17) is 10.5 Å². The average molecular weight is 248 g/mol. The predicted molar refractivity (Wildman–Crippen MR) is 70.3 cm³/mol. The van der Waals surface area contributed by atoms with E-state index in [0.717, 1.165) is 38.1 Å². The SMILES string of the molecule is NC(=O)C1CCCN1CCCOc1ccccc1. The maximum absolute atomic E-state index is 11.2. The molecule has 1 unspecified atom stereocenters. The highest BCUT2D eigenvalue weighted by Gasteiger charge is 2.28. The van der Waals surface area contributed by atoms with Crippen LogP contribution in [0.3, 0.4) is 0 Å². The van der Waals surface area contributed by atoms with Crippen molar-refractivity contribution in [2.24, 2.45) is 5.73 Å². The van der Waals surface area contributed by atoms with Gasteiger partial charge in [-0.05, 0) is 37.9 Å². The molecule has 1 aliphatic rings. The Morgan fingerprint density at radius 3 is 2.89 bits per heavy atom. The zero-order valence-corrected chi connectivity index (χ0v) is 10.5. The minimum absolute atomic E-state index is 0.0678. The number of nitrogens with two attached hydrogens (primary N) is 1. The molecule has 1 fully saturated rings. The lowest BCUT2D eigenvalue weighted by atomic mass is 10.2. The normalized spacial score (nSPS) is 19.9. The fraction of sp³-hybridized carbons (Fsp3) is 0.500. The Hall–Kier alpha value is -1.55. The summed E-state index contributed by atoms with van der Waals surface area (Å²) in [7, 11) is 0. The number of amides is 1. The van der Waals surface area contributed by atoms with E-state index in [2.05, 4.69) is 4.90 Å². The van der Waals surface area contributed by atoms with Crippen molar-refractivity contribution < 1.29 is 9.53 Å². The van der Waals surface area contributed by atoms with Crippen LogP contribution in [-0.2, 0) is 4.79 Å². The minimum atomic E-state index is -0.198. The highest BCUT2D eigenvalue weighted by atomic mass is 16.5. The summed E-state index contributed by atoms with van der Waals surface area (Å²) >= 11 is 0. The molecule has 1 heterocycles. The molecule has 1 aliphatic heterocycles. The quantitative estimate of drug-likeness (QED) is 0.774. The molecule has 2 rings (SSSR count). The summed E-state index contributed by atoms with van der Waals surface area (Å²) in [4.78, 5) is 13.4. The van der Waals surface area contributed by atoms with Crippen LogP contribution < -0.4 is 10.5 Å². The van der Waals surface area contributed by atoms with Gasteiger partial charge >= 0.3 is 0 Å². The molecule has 0 aliphatic carbocycles. The van der Waals surface area contributed by atoms with Gasteiger partial charge in [-0.3, -0.25) is 9.69 Å². The van der Waals surface area contributed by atoms with E-state index in [-0.39, 0.29) is 11.9 Å². The molecular formula is C14H20N2O2. The second kappa shape index (κ2) is 6.40. The van der Waals surface area contributed by atoms with Crippen LogP contribution >= 0.6 is 0 Å². The van der Waals surface area contributed by atoms with Gasteiger partial charge in [0.15, 0.2) is 0 Å². The number of rotatable bonds is 6. The van der Waals surface area contributed by atoms with Crippen molar-refractivity contribution in [2.75, 3.05) is 19.7 Å². The van der Waals surface area contributed by atoms with Crippen molar-refractivity contribution in [3.05, 3.63) is 30.3 Å². The average Bonchev–Trinajstić information content (AvgIpc) is 2.84. The molecule has 0 spiro atoms. The van der Waals surface area contributed by atoms with Crippen LogP contribution in [0.25, 0.3) is 0 Å². The maximum Gasteiger partial charge on any atom is 0.234 e. The Morgan fingerprint density at radius 2 is 2.17 bits per heavy atom. The highest BCUT2D eigenvalue weighted by molar-refractivity contribution is 5.80. The molecule has 98 valence electrons. The molecule has 0 saturated carbocycles. The van der Waals surface area contributed by atoms with E-state index in [9.17, 15) is 4.79 Å². The summed E-state index contributed by atoms with van der Waals surface area (Å²) in [6.07, 6.45) is 2.88. The third kappa shape index (κ3) is 3.47. The van der Waals surface area contributed by atoms with Gasteiger partial charge in [-0.1, -0.05) is 18.2 Å². The molecule has 1 aromatic rings. The molecule has 18 heavy (non-hydrogen) atoms. The standard InChI is InChI=1S/C14H20N2O2/c15-14(17)13-8-4-9-16(13)10-5-11-18-12-6-2-1-3-7-12/h1-3,6-7,13H,4-5,8-11H2,(H2,15,17). The first kappa shape index (κ1) is 12.9. The molecule has 2 N–H and O–H groups in total. The zero-order valence-electron chi connectivity index (χ0n) is 10.5. The van der Waals surface area contributed by atoms with Crippen LogP contribution in [0.5, 0.6) is 5.75 Å². The van der Waals surface area contributed by atoms with Crippen molar-refractivity contribution in [3.8, 4) is 5.75 Å². The summed E-state index contributed by atoms with van der Waals surface area (Å²) in [6, 6.07) is 9.71. The molecule has 1 aromatic carbocycles. The first-order valence-electron chi connectivity index (χ1n) is 6.48. The summed E-state index contributed by atoms with van der Waals surface area (Å²) in [5, 5.41) is 0. The first-order chi connectivity index (χ1) is 8.77. The lowest BCUT2D eigenvalue weighted by Gasteiger charge is -2.21. The lowest BCUT2D eigenvalue weighted by molar-refractivity contribution is -0.122. The van der Waals surface area contributed by atoms with Crippen LogP contribution in [0.2, 0.25) is 0 Å². The number of primary amides is 1. The van der Waals surface area contributed by atoms with Crippen molar-refractivity contribution >= 4 is 5.91 Å². The molecule has 4 heteroatoms. The molecular weight excluding hydrogens is 228 g/mol. The van der Waals surface area contributed by atoms with Gasteiger partial charge in [0, 0.05) is 6.54 Å². The van der Waals surface area contributed by atoms with E-state index in [1.54, 1.807) is 0 Å². The fourth-order valence-electron chi connectivity index (χ4n) is 2.39. The van der Waals surface area contributed by atoms with Crippen LogP contribution in [0, 0.1) is 0 Å². The number of benzene rings is 1. The second-order valence-electron chi connectivity index (χ2n) is 4.61. The fourth-order valence-corrected chi connectivity index (χ4v) is 2.39. The van der Waals surface area contributed by atoms with E-state index < -0.39 is 0 Å². The summed E-state index contributed by atoms with van der Waals surface area (Å²) in [6.45, 7) is 2.52. The van der Waals surface area contributed by atoms with Gasteiger partial charge in [-0.15, -0.1) is 0 Å². The van der Waals surface area contributed by atoms with Crippen molar-refractivity contribution in [1.29, 1.82) is 0 Å². The molecule has 1 saturated heterocycles. The van der Waals surface area contributed by atoms with Gasteiger partial charge in [0.2, 0.25) is 5.91 Å². The van der Waals surface area contributed by atoms with Crippen molar-refractivity contribution in [2.45, 2.75) is 25.3 Å². The van der Waals surface area contributed by atoms with Crippen molar-refractivity contribution in [3.63, 3.8) is 0 Å². The Labute approximate surface area is 108 Å². The molecule has 0 aromatic heterocycles. The Bertz CT molecular complexity index is 381. The summed E-state index contributed by atoms with van der Waals surface area (Å²) in [5.74, 6) is 0.696.